The van der Waals surface area contributed by atoms with Gasteiger partial charge in [0.15, 0.2) is 11.3 Å². The highest BCUT2D eigenvalue weighted by Crippen LogP contribution is 2.19. The van der Waals surface area contributed by atoms with Gasteiger partial charge < -0.3 is 14.4 Å². The minimum Gasteiger partial charge on any atom is -0.461 e. The predicted octanol–water partition coefficient (Wildman–Crippen LogP) is 1.52. The summed E-state index contributed by atoms with van der Waals surface area (Å²) >= 11 is 0. The Labute approximate surface area is 128 Å². The first-order valence-corrected chi connectivity index (χ1v) is 7.50. The second kappa shape index (κ2) is 5.92. The smallest absolute Gasteiger partial charge is 0.358 e. The summed E-state index contributed by atoms with van der Waals surface area (Å²) in [6.07, 6.45) is 1.93. The molecule has 7 heteroatoms. The fourth-order valence-electron chi connectivity index (χ4n) is 2.71. The van der Waals surface area contributed by atoms with Crippen LogP contribution in [-0.2, 0) is 9.47 Å². The number of aromatic nitrogens is 3. The molecule has 2 unspecified atom stereocenters. The summed E-state index contributed by atoms with van der Waals surface area (Å²) in [5, 5.41) is 4.55. The van der Waals surface area contributed by atoms with Crippen LogP contribution in [0.2, 0.25) is 0 Å². The Kier molecular flexibility index (Phi) is 3.98. The van der Waals surface area contributed by atoms with Crippen molar-refractivity contribution in [2.75, 3.05) is 24.6 Å². The summed E-state index contributed by atoms with van der Waals surface area (Å²) in [5.74, 6) is 0.422. The first kappa shape index (κ1) is 14.8. The molecule has 0 aliphatic carbocycles. The van der Waals surface area contributed by atoms with Crippen LogP contribution in [0.4, 0.5) is 5.82 Å². The van der Waals surface area contributed by atoms with E-state index in [1.807, 2.05) is 12.1 Å². The van der Waals surface area contributed by atoms with Gasteiger partial charge in [0.25, 0.3) is 0 Å². The number of hydrogen-bond acceptors (Lipinski definition) is 6. The van der Waals surface area contributed by atoms with Crippen molar-refractivity contribution in [1.29, 1.82) is 0 Å². The molecule has 1 fully saturated rings. The molecule has 0 spiro atoms. The number of carbonyl (C=O) groups is 1. The second-order valence-electron chi connectivity index (χ2n) is 5.50. The van der Waals surface area contributed by atoms with Gasteiger partial charge >= 0.3 is 5.97 Å². The van der Waals surface area contributed by atoms with Gasteiger partial charge in [-0.05, 0) is 32.9 Å². The molecule has 0 aromatic carbocycles. The van der Waals surface area contributed by atoms with Gasteiger partial charge in [0.1, 0.15) is 5.82 Å². The van der Waals surface area contributed by atoms with Gasteiger partial charge in [0, 0.05) is 13.1 Å². The number of imidazole rings is 1. The quantitative estimate of drug-likeness (QED) is 0.801. The molecule has 0 bridgehead atoms. The van der Waals surface area contributed by atoms with Crippen LogP contribution in [0.25, 0.3) is 5.65 Å². The van der Waals surface area contributed by atoms with Gasteiger partial charge in [-0.15, -0.1) is 5.10 Å². The van der Waals surface area contributed by atoms with Crippen molar-refractivity contribution in [3.05, 3.63) is 24.0 Å². The number of rotatable bonds is 3. The molecule has 118 valence electrons. The number of ether oxygens (including phenoxy) is 2. The number of anilines is 1. The molecule has 0 radical (unpaired) electrons. The third kappa shape index (κ3) is 2.89. The standard InChI is InChI=1S/C15H20N4O3/c1-4-21-15(20)12-9-19-13(16-12)5-6-14(17-19)18-7-10(2)22-11(3)8-18/h5-6,9-11H,4,7-8H2,1-3H3. The van der Waals surface area contributed by atoms with Crippen LogP contribution in [0.1, 0.15) is 31.3 Å². The molecule has 2 atom stereocenters. The molecule has 1 aliphatic heterocycles. The fourth-order valence-corrected chi connectivity index (χ4v) is 2.71. The fraction of sp³-hybridized carbons (Fsp3) is 0.533. The van der Waals surface area contributed by atoms with Crippen LogP contribution in [0.5, 0.6) is 0 Å². The number of esters is 1. The molecular weight excluding hydrogens is 284 g/mol. The monoisotopic (exact) mass is 304 g/mol. The zero-order valence-corrected chi connectivity index (χ0v) is 13.0. The van der Waals surface area contributed by atoms with E-state index in [1.165, 1.54) is 0 Å². The molecule has 22 heavy (non-hydrogen) atoms. The van der Waals surface area contributed by atoms with Gasteiger partial charge in [-0.3, -0.25) is 0 Å². The summed E-state index contributed by atoms with van der Waals surface area (Å²) in [5.41, 5.74) is 0.899. The summed E-state index contributed by atoms with van der Waals surface area (Å²) < 4.78 is 12.3. The van der Waals surface area contributed by atoms with Gasteiger partial charge in [0.2, 0.25) is 0 Å². The third-order valence-electron chi connectivity index (χ3n) is 3.53. The molecule has 2 aromatic heterocycles. The van der Waals surface area contributed by atoms with Gasteiger partial charge in [0.05, 0.1) is 25.0 Å². The van der Waals surface area contributed by atoms with Gasteiger partial charge in [-0.2, -0.15) is 0 Å². The summed E-state index contributed by atoms with van der Waals surface area (Å²) in [7, 11) is 0. The number of morpholine rings is 1. The van der Waals surface area contributed by atoms with E-state index in [9.17, 15) is 4.79 Å². The molecule has 0 N–H and O–H groups in total. The Balaban J connectivity index is 1.87. The van der Waals surface area contributed by atoms with E-state index in [4.69, 9.17) is 9.47 Å². The van der Waals surface area contributed by atoms with E-state index in [2.05, 4.69) is 28.8 Å². The van der Waals surface area contributed by atoms with Crippen molar-refractivity contribution in [3.8, 4) is 0 Å². The lowest BCUT2D eigenvalue weighted by atomic mass is 10.2. The van der Waals surface area contributed by atoms with E-state index < -0.39 is 5.97 Å². The SMILES string of the molecule is CCOC(=O)c1cn2nc(N3CC(C)OC(C)C3)ccc2n1. The topological polar surface area (TPSA) is 69.0 Å². The lowest BCUT2D eigenvalue weighted by molar-refractivity contribution is -0.00551. The minimum absolute atomic E-state index is 0.166. The van der Waals surface area contributed by atoms with Crippen LogP contribution < -0.4 is 4.90 Å². The summed E-state index contributed by atoms with van der Waals surface area (Å²) in [4.78, 5) is 18.1. The molecule has 0 saturated carbocycles. The first-order chi connectivity index (χ1) is 10.6. The van der Waals surface area contributed by atoms with Crippen LogP contribution in [0.3, 0.4) is 0 Å². The molecule has 1 saturated heterocycles. The Morgan fingerprint density at radius 2 is 2.09 bits per heavy atom. The second-order valence-corrected chi connectivity index (χ2v) is 5.50. The van der Waals surface area contributed by atoms with E-state index in [-0.39, 0.29) is 17.9 Å². The minimum atomic E-state index is -0.428. The molecule has 1 aliphatic rings. The van der Waals surface area contributed by atoms with Crippen molar-refractivity contribution < 1.29 is 14.3 Å². The number of carbonyl (C=O) groups excluding carboxylic acids is 1. The van der Waals surface area contributed by atoms with Crippen molar-refractivity contribution in [2.45, 2.75) is 33.0 Å². The van der Waals surface area contributed by atoms with Crippen LogP contribution in [-0.4, -0.2) is 52.5 Å². The average molecular weight is 304 g/mol. The van der Waals surface area contributed by atoms with E-state index in [0.717, 1.165) is 18.9 Å². The third-order valence-corrected chi connectivity index (χ3v) is 3.53. The molecule has 3 heterocycles. The lowest BCUT2D eigenvalue weighted by Gasteiger charge is -2.35. The Morgan fingerprint density at radius 3 is 2.77 bits per heavy atom. The summed E-state index contributed by atoms with van der Waals surface area (Å²) in [6, 6.07) is 3.78. The normalized spacial score (nSPS) is 22.0. The number of fused-ring (bicyclic) bond motifs is 1. The zero-order chi connectivity index (χ0) is 15.7. The Hall–Kier alpha value is -2.15. The molecule has 0 amide bonds. The summed E-state index contributed by atoms with van der Waals surface area (Å²) in [6.45, 7) is 7.79. The first-order valence-electron chi connectivity index (χ1n) is 7.50. The number of hydrogen-bond donors (Lipinski definition) is 0. The van der Waals surface area contributed by atoms with Crippen LogP contribution in [0, 0.1) is 0 Å². The largest absolute Gasteiger partial charge is 0.461 e. The predicted molar refractivity (Wildman–Crippen MR) is 81.2 cm³/mol. The van der Waals surface area contributed by atoms with Crippen molar-refractivity contribution >= 4 is 17.4 Å². The van der Waals surface area contributed by atoms with Crippen molar-refractivity contribution in [3.63, 3.8) is 0 Å². The van der Waals surface area contributed by atoms with E-state index >= 15 is 0 Å². The molecule has 3 rings (SSSR count). The Bertz CT molecular complexity index is 674. The average Bonchev–Trinajstić information content (AvgIpc) is 2.89. The van der Waals surface area contributed by atoms with Crippen molar-refractivity contribution in [1.82, 2.24) is 14.6 Å². The lowest BCUT2D eigenvalue weighted by Crippen LogP contribution is -2.46. The van der Waals surface area contributed by atoms with Crippen molar-refractivity contribution in [2.24, 2.45) is 0 Å². The highest BCUT2D eigenvalue weighted by atomic mass is 16.5. The van der Waals surface area contributed by atoms with Gasteiger partial charge in [-0.1, -0.05) is 0 Å². The highest BCUT2D eigenvalue weighted by Gasteiger charge is 2.23. The maximum absolute atomic E-state index is 11.7. The zero-order valence-electron chi connectivity index (χ0n) is 13.0. The highest BCUT2D eigenvalue weighted by molar-refractivity contribution is 5.87. The van der Waals surface area contributed by atoms with Gasteiger partial charge in [-0.25, -0.2) is 14.3 Å². The van der Waals surface area contributed by atoms with Crippen LogP contribution >= 0.6 is 0 Å². The number of nitrogens with zero attached hydrogens (tertiary/aromatic N) is 4. The van der Waals surface area contributed by atoms with E-state index in [0.29, 0.717) is 12.3 Å². The maximum Gasteiger partial charge on any atom is 0.358 e. The molecule has 2 aromatic rings. The molecular formula is C15H20N4O3. The Morgan fingerprint density at radius 1 is 1.36 bits per heavy atom. The maximum atomic E-state index is 11.7. The van der Waals surface area contributed by atoms with E-state index in [1.54, 1.807) is 17.6 Å². The van der Waals surface area contributed by atoms with Crippen LogP contribution in [0.15, 0.2) is 18.3 Å². The molecule has 7 nitrogen and oxygen atoms in total.